The number of hydrogen-bond acceptors (Lipinski definition) is 5. The van der Waals surface area contributed by atoms with Crippen molar-refractivity contribution < 1.29 is 5.21 Å². The molecule has 2 aromatic rings. The molecule has 0 saturated carbocycles. The van der Waals surface area contributed by atoms with Gasteiger partial charge in [-0.3, -0.25) is 4.57 Å². The molecule has 2 rings (SSSR count). The average molecular weight is 314 g/mol. The Hall–Kier alpha value is -1.93. The number of halogens is 1. The molecule has 1 heterocycles. The average Bonchev–Trinajstić information content (AvgIpc) is 2.78. The lowest BCUT2D eigenvalue weighted by atomic mass is 10.2. The third-order valence-electron chi connectivity index (χ3n) is 2.57. The normalized spacial score (nSPS) is 11.8. The Kier molecular flexibility index (Phi) is 4.35. The molecule has 0 saturated heterocycles. The third kappa shape index (κ3) is 2.81. The van der Waals surface area contributed by atoms with E-state index in [4.69, 9.17) is 22.5 Å². The Balaban J connectivity index is 2.47. The maximum absolute atomic E-state index is 11.5. The number of aromatic amines is 1. The first-order chi connectivity index (χ1) is 9.56. The monoisotopic (exact) mass is 313 g/mol. The lowest BCUT2D eigenvalue weighted by Gasteiger charge is -2.08. The molecule has 20 heavy (non-hydrogen) atoms. The van der Waals surface area contributed by atoms with Crippen LogP contribution in [-0.2, 0) is 6.54 Å². The minimum Gasteiger partial charge on any atom is -0.409 e. The molecule has 106 valence electrons. The standard InChI is InChI=1S/C11H12ClN5O2S/c1-2-17-10(18)14-15-11(17)20-8-5-6(12)3-4-7(8)9(13)16-19/h3-5,19H,2H2,1H3,(H2,13,16)(H,14,18). The van der Waals surface area contributed by atoms with E-state index >= 15 is 0 Å². The van der Waals surface area contributed by atoms with Crippen LogP contribution in [0.4, 0.5) is 0 Å². The molecule has 0 spiro atoms. The highest BCUT2D eigenvalue weighted by Crippen LogP contribution is 2.30. The quantitative estimate of drug-likeness (QED) is 0.343. The van der Waals surface area contributed by atoms with E-state index in [1.807, 2.05) is 6.92 Å². The number of benzene rings is 1. The zero-order chi connectivity index (χ0) is 14.7. The molecule has 0 aliphatic rings. The van der Waals surface area contributed by atoms with E-state index in [-0.39, 0.29) is 11.5 Å². The van der Waals surface area contributed by atoms with E-state index in [0.29, 0.717) is 27.2 Å². The largest absolute Gasteiger partial charge is 0.409 e. The van der Waals surface area contributed by atoms with Gasteiger partial charge in [0.2, 0.25) is 0 Å². The second-order valence-electron chi connectivity index (χ2n) is 3.78. The van der Waals surface area contributed by atoms with E-state index in [9.17, 15) is 4.79 Å². The van der Waals surface area contributed by atoms with E-state index in [2.05, 4.69) is 15.4 Å². The Labute approximate surface area is 123 Å². The topological polar surface area (TPSA) is 109 Å². The van der Waals surface area contributed by atoms with Crippen molar-refractivity contribution in [1.82, 2.24) is 14.8 Å². The van der Waals surface area contributed by atoms with Gasteiger partial charge >= 0.3 is 5.69 Å². The fourth-order valence-electron chi connectivity index (χ4n) is 1.60. The van der Waals surface area contributed by atoms with Crippen LogP contribution >= 0.6 is 23.4 Å². The number of H-pyrrole nitrogens is 1. The van der Waals surface area contributed by atoms with Crippen LogP contribution in [-0.4, -0.2) is 25.8 Å². The molecule has 0 amide bonds. The van der Waals surface area contributed by atoms with Gasteiger partial charge < -0.3 is 10.9 Å². The zero-order valence-electron chi connectivity index (χ0n) is 10.5. The van der Waals surface area contributed by atoms with Crippen LogP contribution in [0.1, 0.15) is 12.5 Å². The summed E-state index contributed by atoms with van der Waals surface area (Å²) in [6, 6.07) is 4.94. The first-order valence-electron chi connectivity index (χ1n) is 5.67. The van der Waals surface area contributed by atoms with Crippen molar-refractivity contribution in [2.45, 2.75) is 23.5 Å². The molecule has 0 aliphatic carbocycles. The highest BCUT2D eigenvalue weighted by Gasteiger charge is 2.14. The van der Waals surface area contributed by atoms with Crippen LogP contribution in [0.5, 0.6) is 0 Å². The number of amidine groups is 1. The van der Waals surface area contributed by atoms with Crippen molar-refractivity contribution in [3.63, 3.8) is 0 Å². The molecule has 0 fully saturated rings. The van der Waals surface area contributed by atoms with Gasteiger partial charge in [-0.1, -0.05) is 16.8 Å². The summed E-state index contributed by atoms with van der Waals surface area (Å²) in [4.78, 5) is 12.2. The lowest BCUT2D eigenvalue weighted by molar-refractivity contribution is 0.318. The van der Waals surface area contributed by atoms with Gasteiger partial charge in [0.25, 0.3) is 0 Å². The van der Waals surface area contributed by atoms with Crippen LogP contribution < -0.4 is 11.4 Å². The van der Waals surface area contributed by atoms with E-state index in [0.717, 1.165) is 0 Å². The number of rotatable bonds is 4. The molecule has 0 radical (unpaired) electrons. The van der Waals surface area contributed by atoms with Crippen LogP contribution in [0.2, 0.25) is 5.02 Å². The van der Waals surface area contributed by atoms with Crippen molar-refractivity contribution in [2.75, 3.05) is 0 Å². The summed E-state index contributed by atoms with van der Waals surface area (Å²) in [5.74, 6) is -0.0369. The molecule has 7 nitrogen and oxygen atoms in total. The first-order valence-corrected chi connectivity index (χ1v) is 6.86. The van der Waals surface area contributed by atoms with Crippen molar-refractivity contribution >= 4 is 29.2 Å². The fourth-order valence-corrected chi connectivity index (χ4v) is 2.92. The maximum atomic E-state index is 11.5. The molecule has 0 atom stereocenters. The maximum Gasteiger partial charge on any atom is 0.343 e. The van der Waals surface area contributed by atoms with Gasteiger partial charge in [0.1, 0.15) is 0 Å². The van der Waals surface area contributed by atoms with Crippen LogP contribution in [0.25, 0.3) is 0 Å². The highest BCUT2D eigenvalue weighted by atomic mass is 35.5. The van der Waals surface area contributed by atoms with E-state index < -0.39 is 0 Å². The minimum atomic E-state index is -0.289. The summed E-state index contributed by atoms with van der Waals surface area (Å²) >= 11 is 7.16. The lowest BCUT2D eigenvalue weighted by Crippen LogP contribution is -2.16. The molecule has 4 N–H and O–H groups in total. The van der Waals surface area contributed by atoms with Crippen molar-refractivity contribution in [2.24, 2.45) is 10.9 Å². The van der Waals surface area contributed by atoms with Gasteiger partial charge in [-0.2, -0.15) is 0 Å². The Morgan fingerprint density at radius 2 is 2.40 bits per heavy atom. The molecule has 9 heteroatoms. The van der Waals surface area contributed by atoms with E-state index in [1.54, 1.807) is 18.2 Å². The van der Waals surface area contributed by atoms with E-state index in [1.165, 1.54) is 16.3 Å². The van der Waals surface area contributed by atoms with Gasteiger partial charge in [-0.25, -0.2) is 9.89 Å². The first kappa shape index (κ1) is 14.5. The number of oxime groups is 1. The summed E-state index contributed by atoms with van der Waals surface area (Å²) < 4.78 is 1.47. The van der Waals surface area contributed by atoms with Crippen LogP contribution in [0, 0.1) is 0 Å². The Bertz CT molecular complexity index is 709. The van der Waals surface area contributed by atoms with Gasteiger partial charge in [-0.05, 0) is 36.9 Å². The zero-order valence-corrected chi connectivity index (χ0v) is 12.1. The minimum absolute atomic E-state index is 0.0369. The molecule has 1 aromatic carbocycles. The summed E-state index contributed by atoms with van der Waals surface area (Å²) in [6.45, 7) is 2.32. The van der Waals surface area contributed by atoms with Crippen molar-refractivity contribution in [3.8, 4) is 0 Å². The van der Waals surface area contributed by atoms with Crippen molar-refractivity contribution in [1.29, 1.82) is 0 Å². The molecular formula is C11H12ClN5O2S. The number of aromatic nitrogens is 3. The second-order valence-corrected chi connectivity index (χ2v) is 5.23. The number of nitrogens with two attached hydrogens (primary N) is 1. The SMILES string of the molecule is CCn1c(Sc2cc(Cl)ccc2C(N)=NO)n[nH]c1=O. The summed E-state index contributed by atoms with van der Waals surface area (Å²) in [5, 5.41) is 19.1. The number of nitrogens with zero attached hydrogens (tertiary/aromatic N) is 3. The highest BCUT2D eigenvalue weighted by molar-refractivity contribution is 7.99. The van der Waals surface area contributed by atoms with Gasteiger partial charge in [0.15, 0.2) is 11.0 Å². The van der Waals surface area contributed by atoms with Crippen LogP contribution in [0.3, 0.4) is 0 Å². The summed E-state index contributed by atoms with van der Waals surface area (Å²) in [5.41, 5.74) is 5.85. The van der Waals surface area contributed by atoms with Gasteiger partial charge in [-0.15, -0.1) is 5.10 Å². The number of nitrogens with one attached hydrogen (secondary N) is 1. The summed E-state index contributed by atoms with van der Waals surface area (Å²) in [7, 11) is 0. The fraction of sp³-hybridized carbons (Fsp3) is 0.182. The Morgan fingerprint density at radius 3 is 3.05 bits per heavy atom. The molecule has 0 aliphatic heterocycles. The smallest absolute Gasteiger partial charge is 0.343 e. The molecule has 1 aromatic heterocycles. The Morgan fingerprint density at radius 1 is 1.65 bits per heavy atom. The summed E-state index contributed by atoms with van der Waals surface area (Å²) in [6.07, 6.45) is 0. The predicted octanol–water partition coefficient (Wildman–Crippen LogP) is 1.49. The second kappa shape index (κ2) is 6.02. The van der Waals surface area contributed by atoms with Gasteiger partial charge in [0, 0.05) is 22.0 Å². The third-order valence-corrected chi connectivity index (χ3v) is 3.86. The number of hydrogen-bond donors (Lipinski definition) is 3. The molecular weight excluding hydrogens is 302 g/mol. The molecule has 0 bridgehead atoms. The molecule has 0 unspecified atom stereocenters. The van der Waals surface area contributed by atoms with Crippen molar-refractivity contribution in [3.05, 3.63) is 39.3 Å². The van der Waals surface area contributed by atoms with Gasteiger partial charge in [0.05, 0.1) is 0 Å². The predicted molar refractivity (Wildman–Crippen MR) is 76.6 cm³/mol. The van der Waals surface area contributed by atoms with Crippen LogP contribution in [0.15, 0.2) is 38.2 Å².